The fourth-order valence-corrected chi connectivity index (χ4v) is 3.69. The van der Waals surface area contributed by atoms with E-state index in [1.165, 1.54) is 11.0 Å². The molecule has 0 bridgehead atoms. The van der Waals surface area contributed by atoms with Crippen LogP contribution in [0.25, 0.3) is 0 Å². The van der Waals surface area contributed by atoms with Gasteiger partial charge >= 0.3 is 6.03 Å². The molecule has 2 aromatic rings. The Balaban J connectivity index is 1.37. The van der Waals surface area contributed by atoms with Crippen LogP contribution in [0.3, 0.4) is 0 Å². The first-order valence-electron chi connectivity index (χ1n) is 9.38. The Morgan fingerprint density at radius 3 is 2.36 bits per heavy atom. The molecule has 148 valence electrons. The second-order valence-corrected chi connectivity index (χ2v) is 6.99. The Hall–Kier alpha value is -2.97. The Bertz CT molecular complexity index is 885. The highest BCUT2D eigenvalue weighted by atomic mass is 19.1. The van der Waals surface area contributed by atoms with Crippen LogP contribution in [0.4, 0.5) is 19.3 Å². The predicted octanol–water partition coefficient (Wildman–Crippen LogP) is 2.49. The number of halogens is 2. The first-order valence-corrected chi connectivity index (χ1v) is 9.38. The average molecular weight is 389 g/mol. The van der Waals surface area contributed by atoms with Gasteiger partial charge in [-0.25, -0.2) is 13.6 Å². The molecule has 0 unspecified atom stereocenters. The number of hydrogen-bond donors (Lipinski definition) is 1. The molecule has 1 N–H and O–H groups in total. The smallest absolute Gasteiger partial charge is 0.322 e. The molecule has 0 aliphatic carbocycles. The van der Waals surface area contributed by atoms with Gasteiger partial charge in [0, 0.05) is 32.7 Å². The molecule has 3 amide bonds. The minimum atomic E-state index is -0.826. The summed E-state index contributed by atoms with van der Waals surface area (Å²) in [7, 11) is 0. The van der Waals surface area contributed by atoms with Crippen molar-refractivity contribution in [1.82, 2.24) is 19.6 Å². The van der Waals surface area contributed by atoms with Gasteiger partial charge in [0.15, 0.2) is 0 Å². The van der Waals surface area contributed by atoms with E-state index in [9.17, 15) is 18.4 Å². The number of aryl methyl sites for hydroxylation is 1. The lowest BCUT2D eigenvalue weighted by Gasteiger charge is -2.34. The number of amides is 3. The van der Waals surface area contributed by atoms with Crippen molar-refractivity contribution >= 4 is 17.6 Å². The Labute approximate surface area is 160 Å². The number of piperazine rings is 1. The zero-order valence-electron chi connectivity index (χ0n) is 15.3. The molecule has 7 nitrogen and oxygen atoms in total. The number of nitrogens with zero attached hydrogens (tertiary/aromatic N) is 4. The van der Waals surface area contributed by atoms with Crippen molar-refractivity contribution in [2.75, 3.05) is 31.5 Å². The van der Waals surface area contributed by atoms with E-state index in [1.807, 2.05) is 4.68 Å². The van der Waals surface area contributed by atoms with Gasteiger partial charge < -0.3 is 15.1 Å². The maximum absolute atomic E-state index is 13.7. The first-order chi connectivity index (χ1) is 13.5. The fraction of sp³-hybridized carbons (Fsp3) is 0.421. The summed E-state index contributed by atoms with van der Waals surface area (Å²) in [6, 6.07) is 2.82. The van der Waals surface area contributed by atoms with E-state index < -0.39 is 23.4 Å². The van der Waals surface area contributed by atoms with Gasteiger partial charge in [0.25, 0.3) is 5.91 Å². The number of urea groups is 1. The van der Waals surface area contributed by atoms with Crippen LogP contribution in [-0.4, -0.2) is 57.7 Å². The summed E-state index contributed by atoms with van der Waals surface area (Å²) in [6.07, 6.45) is 4.59. The lowest BCUT2D eigenvalue weighted by atomic mass is 10.1. The maximum atomic E-state index is 13.7. The molecule has 2 aliphatic rings. The number of carbonyl (C=O) groups excluding carboxylic acids is 2. The number of fused-ring (bicyclic) bond motifs is 1. The van der Waals surface area contributed by atoms with Crippen molar-refractivity contribution < 1.29 is 18.4 Å². The van der Waals surface area contributed by atoms with Gasteiger partial charge in [0.2, 0.25) is 0 Å². The summed E-state index contributed by atoms with van der Waals surface area (Å²) in [5.41, 5.74) is 1.15. The van der Waals surface area contributed by atoms with Gasteiger partial charge in [-0.3, -0.25) is 9.48 Å². The van der Waals surface area contributed by atoms with Gasteiger partial charge in [-0.2, -0.15) is 5.10 Å². The standard InChI is InChI=1S/C19H21F2N5O2/c20-14-4-3-5-15(21)17(14)23-19(28)25-10-8-24(9-11-25)18(27)13-12-22-26-7-2-1-6-16(13)26/h3-5,12H,1-2,6-11H2,(H,23,28). The molecular formula is C19H21F2N5O2. The molecule has 9 heteroatoms. The lowest BCUT2D eigenvalue weighted by molar-refractivity contribution is 0.0670. The van der Waals surface area contributed by atoms with Crippen LogP contribution >= 0.6 is 0 Å². The van der Waals surface area contributed by atoms with Crippen molar-refractivity contribution in [3.8, 4) is 0 Å². The van der Waals surface area contributed by atoms with E-state index in [-0.39, 0.29) is 19.0 Å². The van der Waals surface area contributed by atoms with Crippen LogP contribution in [0.5, 0.6) is 0 Å². The van der Waals surface area contributed by atoms with E-state index >= 15 is 0 Å². The lowest BCUT2D eigenvalue weighted by Crippen LogP contribution is -2.51. The molecule has 0 radical (unpaired) electrons. The molecule has 1 aromatic heterocycles. The van der Waals surface area contributed by atoms with Crippen molar-refractivity contribution in [3.63, 3.8) is 0 Å². The number of benzene rings is 1. The van der Waals surface area contributed by atoms with Crippen molar-refractivity contribution in [1.29, 1.82) is 0 Å². The predicted molar refractivity (Wildman–Crippen MR) is 98.0 cm³/mol. The van der Waals surface area contributed by atoms with Crippen LogP contribution in [0.15, 0.2) is 24.4 Å². The quantitative estimate of drug-likeness (QED) is 0.858. The summed E-state index contributed by atoms with van der Waals surface area (Å²) < 4.78 is 29.3. The SMILES string of the molecule is O=C(Nc1c(F)cccc1F)N1CCN(C(=O)c2cnn3c2CCCC3)CC1. The molecular weight excluding hydrogens is 368 g/mol. The molecule has 0 atom stereocenters. The van der Waals surface area contributed by atoms with Gasteiger partial charge in [0.05, 0.1) is 17.5 Å². The number of aromatic nitrogens is 2. The third-order valence-corrected chi connectivity index (χ3v) is 5.26. The monoisotopic (exact) mass is 389 g/mol. The summed E-state index contributed by atoms with van der Waals surface area (Å²) in [4.78, 5) is 28.3. The molecule has 0 spiro atoms. The molecule has 1 fully saturated rings. The van der Waals surface area contributed by atoms with Crippen LogP contribution in [0, 0.1) is 11.6 Å². The molecule has 1 saturated heterocycles. The molecule has 1 aromatic carbocycles. The zero-order valence-corrected chi connectivity index (χ0v) is 15.3. The van der Waals surface area contributed by atoms with Gasteiger partial charge in [-0.05, 0) is 31.4 Å². The Morgan fingerprint density at radius 1 is 0.964 bits per heavy atom. The normalized spacial score (nSPS) is 16.6. The van der Waals surface area contributed by atoms with E-state index in [2.05, 4.69) is 10.4 Å². The van der Waals surface area contributed by atoms with E-state index in [0.29, 0.717) is 18.7 Å². The van der Waals surface area contributed by atoms with Crippen LogP contribution in [-0.2, 0) is 13.0 Å². The maximum Gasteiger partial charge on any atom is 0.322 e. The average Bonchev–Trinajstić information content (AvgIpc) is 3.14. The minimum absolute atomic E-state index is 0.0802. The van der Waals surface area contributed by atoms with Crippen molar-refractivity contribution in [3.05, 3.63) is 47.3 Å². The number of rotatable bonds is 2. The topological polar surface area (TPSA) is 70.5 Å². The first kappa shape index (κ1) is 18.4. The Kier molecular flexibility index (Phi) is 4.97. The number of anilines is 1. The zero-order chi connectivity index (χ0) is 19.7. The largest absolute Gasteiger partial charge is 0.335 e. The minimum Gasteiger partial charge on any atom is -0.335 e. The van der Waals surface area contributed by atoms with E-state index in [4.69, 9.17) is 0 Å². The molecule has 4 rings (SSSR count). The summed E-state index contributed by atoms with van der Waals surface area (Å²) >= 11 is 0. The van der Waals surface area contributed by atoms with E-state index in [1.54, 1.807) is 11.1 Å². The summed E-state index contributed by atoms with van der Waals surface area (Å²) in [5, 5.41) is 6.58. The molecule has 2 aliphatic heterocycles. The fourth-order valence-electron chi connectivity index (χ4n) is 3.69. The Morgan fingerprint density at radius 2 is 1.64 bits per heavy atom. The van der Waals surface area contributed by atoms with Gasteiger partial charge in [0.1, 0.15) is 17.3 Å². The van der Waals surface area contributed by atoms with E-state index in [0.717, 1.165) is 43.6 Å². The molecule has 0 saturated carbocycles. The highest BCUT2D eigenvalue weighted by Gasteiger charge is 2.28. The van der Waals surface area contributed by atoms with Crippen molar-refractivity contribution in [2.24, 2.45) is 0 Å². The molecule has 28 heavy (non-hydrogen) atoms. The van der Waals surface area contributed by atoms with Crippen LogP contribution in [0.1, 0.15) is 28.9 Å². The highest BCUT2D eigenvalue weighted by molar-refractivity contribution is 5.95. The third-order valence-electron chi connectivity index (χ3n) is 5.26. The number of carbonyl (C=O) groups is 2. The number of hydrogen-bond acceptors (Lipinski definition) is 3. The summed E-state index contributed by atoms with van der Waals surface area (Å²) in [6.45, 7) is 2.13. The number of para-hydroxylation sites is 1. The van der Waals surface area contributed by atoms with Crippen LogP contribution < -0.4 is 5.32 Å². The third kappa shape index (κ3) is 3.44. The van der Waals surface area contributed by atoms with Crippen molar-refractivity contribution in [2.45, 2.75) is 25.8 Å². The van der Waals surface area contributed by atoms with Gasteiger partial charge in [-0.15, -0.1) is 0 Å². The van der Waals surface area contributed by atoms with Gasteiger partial charge in [-0.1, -0.05) is 6.07 Å². The second kappa shape index (κ2) is 7.57. The molecule has 3 heterocycles. The number of nitrogens with one attached hydrogen (secondary N) is 1. The second-order valence-electron chi connectivity index (χ2n) is 6.99. The highest BCUT2D eigenvalue weighted by Crippen LogP contribution is 2.21. The van der Waals surface area contributed by atoms with Crippen LogP contribution in [0.2, 0.25) is 0 Å². The summed E-state index contributed by atoms with van der Waals surface area (Å²) in [5.74, 6) is -1.73.